The molecule has 3 aromatic rings. The van der Waals surface area contributed by atoms with E-state index < -0.39 is 16.0 Å². The summed E-state index contributed by atoms with van der Waals surface area (Å²) in [6, 6.07) is 12.2. The van der Waals surface area contributed by atoms with Crippen LogP contribution in [0.1, 0.15) is 15.9 Å². The van der Waals surface area contributed by atoms with Crippen molar-refractivity contribution in [2.45, 2.75) is 11.8 Å². The van der Waals surface area contributed by atoms with Gasteiger partial charge in [0, 0.05) is 17.3 Å². The molecule has 0 atom stereocenters. The summed E-state index contributed by atoms with van der Waals surface area (Å²) < 4.78 is 27.9. The van der Waals surface area contributed by atoms with Crippen LogP contribution in [0.2, 0.25) is 0 Å². The third kappa shape index (κ3) is 2.93. The molecule has 2 N–H and O–H groups in total. The number of carboxylic acid groups (broad SMARTS) is 1. The minimum atomic E-state index is -3.88. The fourth-order valence-corrected chi connectivity index (χ4v) is 3.70. The van der Waals surface area contributed by atoms with E-state index >= 15 is 0 Å². The molecule has 0 amide bonds. The van der Waals surface area contributed by atoms with Crippen molar-refractivity contribution < 1.29 is 18.3 Å². The molecule has 0 aliphatic rings. The Morgan fingerprint density at radius 2 is 1.92 bits per heavy atom. The van der Waals surface area contributed by atoms with Gasteiger partial charge in [-0.05, 0) is 48.9 Å². The Bertz CT molecular complexity index is 1050. The zero-order chi connectivity index (χ0) is 17.3. The predicted octanol–water partition coefficient (Wildman–Crippen LogP) is 3.04. The van der Waals surface area contributed by atoms with Gasteiger partial charge in [0.15, 0.2) is 0 Å². The quantitative estimate of drug-likeness (QED) is 0.759. The van der Waals surface area contributed by atoms with E-state index in [1.165, 1.54) is 30.3 Å². The molecule has 0 spiro atoms. The lowest BCUT2D eigenvalue weighted by molar-refractivity contribution is 0.0697. The molecule has 0 unspecified atom stereocenters. The van der Waals surface area contributed by atoms with Gasteiger partial charge in [0.05, 0.1) is 16.0 Å². The van der Waals surface area contributed by atoms with Gasteiger partial charge < -0.3 is 5.11 Å². The Labute approximate surface area is 138 Å². The van der Waals surface area contributed by atoms with Gasteiger partial charge >= 0.3 is 5.97 Å². The van der Waals surface area contributed by atoms with Crippen LogP contribution in [0.15, 0.2) is 59.6 Å². The molecule has 0 fully saturated rings. The second-order valence-corrected chi connectivity index (χ2v) is 6.92. The third-order valence-electron chi connectivity index (χ3n) is 3.58. The van der Waals surface area contributed by atoms with E-state index in [-0.39, 0.29) is 16.1 Å². The number of carbonyl (C=O) groups is 1. The largest absolute Gasteiger partial charge is 0.478 e. The second kappa shape index (κ2) is 5.93. The molecule has 0 aliphatic heterocycles. The maximum absolute atomic E-state index is 12.7. The average molecular weight is 342 g/mol. The number of hydrogen-bond donors (Lipinski definition) is 2. The van der Waals surface area contributed by atoms with Crippen molar-refractivity contribution in [3.8, 4) is 0 Å². The van der Waals surface area contributed by atoms with Crippen LogP contribution in [0.4, 0.5) is 5.69 Å². The summed E-state index contributed by atoms with van der Waals surface area (Å²) in [5, 5.41) is 9.52. The smallest absolute Gasteiger partial charge is 0.335 e. The SMILES string of the molecule is Cc1ccc(S(=O)(=O)Nc2cccc(C(=O)O)c2)c2cccnc12. The lowest BCUT2D eigenvalue weighted by Crippen LogP contribution is -2.14. The van der Waals surface area contributed by atoms with Crippen molar-refractivity contribution in [2.75, 3.05) is 4.72 Å². The maximum Gasteiger partial charge on any atom is 0.335 e. The zero-order valence-corrected chi connectivity index (χ0v) is 13.5. The number of nitrogens with zero attached hydrogens (tertiary/aromatic N) is 1. The van der Waals surface area contributed by atoms with Crippen LogP contribution in [0.3, 0.4) is 0 Å². The van der Waals surface area contributed by atoms with Crippen LogP contribution in [-0.2, 0) is 10.0 Å². The predicted molar refractivity (Wildman–Crippen MR) is 90.7 cm³/mol. The number of hydrogen-bond acceptors (Lipinski definition) is 4. The number of carboxylic acids is 1. The first-order valence-corrected chi connectivity index (χ1v) is 8.57. The number of aryl methyl sites for hydroxylation is 1. The maximum atomic E-state index is 12.7. The van der Waals surface area contributed by atoms with Crippen LogP contribution < -0.4 is 4.72 Å². The molecule has 1 heterocycles. The van der Waals surface area contributed by atoms with E-state index in [4.69, 9.17) is 5.11 Å². The average Bonchev–Trinajstić information content (AvgIpc) is 2.55. The van der Waals surface area contributed by atoms with Crippen LogP contribution in [0.25, 0.3) is 10.9 Å². The Hall–Kier alpha value is -2.93. The summed E-state index contributed by atoms with van der Waals surface area (Å²) in [6.07, 6.45) is 1.61. The van der Waals surface area contributed by atoms with Crippen LogP contribution in [0.5, 0.6) is 0 Å². The standard InChI is InChI=1S/C17H14N2O4S/c1-11-7-8-15(14-6-3-9-18-16(11)14)24(22,23)19-13-5-2-4-12(10-13)17(20)21/h2-10,19H,1H3,(H,20,21). The summed E-state index contributed by atoms with van der Waals surface area (Å²) >= 11 is 0. The van der Waals surface area contributed by atoms with Crippen molar-refractivity contribution in [1.82, 2.24) is 4.98 Å². The van der Waals surface area contributed by atoms with Gasteiger partial charge in [-0.25, -0.2) is 13.2 Å². The Morgan fingerprint density at radius 3 is 2.67 bits per heavy atom. The number of rotatable bonds is 4. The third-order valence-corrected chi connectivity index (χ3v) is 5.02. The number of pyridine rings is 1. The van der Waals surface area contributed by atoms with Gasteiger partial charge in [0.25, 0.3) is 10.0 Å². The zero-order valence-electron chi connectivity index (χ0n) is 12.7. The summed E-state index contributed by atoms with van der Waals surface area (Å²) in [6.45, 7) is 1.86. The highest BCUT2D eigenvalue weighted by atomic mass is 32.2. The summed E-state index contributed by atoms with van der Waals surface area (Å²) in [5.41, 5.74) is 1.68. The molecule has 7 heteroatoms. The van der Waals surface area contributed by atoms with Crippen molar-refractivity contribution in [3.05, 3.63) is 65.9 Å². The molecular weight excluding hydrogens is 328 g/mol. The fourth-order valence-electron chi connectivity index (χ4n) is 2.45. The van der Waals surface area contributed by atoms with E-state index in [9.17, 15) is 13.2 Å². The van der Waals surface area contributed by atoms with Crippen LogP contribution in [-0.4, -0.2) is 24.5 Å². The van der Waals surface area contributed by atoms with Gasteiger partial charge in [0.1, 0.15) is 0 Å². The Morgan fingerprint density at radius 1 is 1.12 bits per heavy atom. The Kier molecular flexibility index (Phi) is 3.94. The number of aromatic nitrogens is 1. The molecular formula is C17H14N2O4S. The normalized spacial score (nSPS) is 11.4. The van der Waals surface area contributed by atoms with Gasteiger partial charge in [-0.3, -0.25) is 9.71 Å². The minimum absolute atomic E-state index is 0.00521. The van der Waals surface area contributed by atoms with Crippen molar-refractivity contribution in [2.24, 2.45) is 0 Å². The van der Waals surface area contributed by atoms with Gasteiger partial charge in [-0.1, -0.05) is 12.1 Å². The molecule has 0 saturated carbocycles. The van der Waals surface area contributed by atoms with E-state index in [0.717, 1.165) is 5.56 Å². The molecule has 0 bridgehead atoms. The molecule has 2 aromatic carbocycles. The van der Waals surface area contributed by atoms with Crippen LogP contribution in [0, 0.1) is 6.92 Å². The van der Waals surface area contributed by atoms with E-state index in [2.05, 4.69) is 9.71 Å². The van der Waals surface area contributed by atoms with Gasteiger partial charge in [-0.15, -0.1) is 0 Å². The lowest BCUT2D eigenvalue weighted by Gasteiger charge is -2.11. The fraction of sp³-hybridized carbons (Fsp3) is 0.0588. The van der Waals surface area contributed by atoms with Gasteiger partial charge in [0.2, 0.25) is 0 Å². The van der Waals surface area contributed by atoms with E-state index in [0.29, 0.717) is 10.9 Å². The molecule has 3 rings (SSSR count). The molecule has 0 saturated heterocycles. The van der Waals surface area contributed by atoms with Gasteiger partial charge in [-0.2, -0.15) is 0 Å². The summed E-state index contributed by atoms with van der Waals surface area (Å²) in [4.78, 5) is 15.3. The van der Waals surface area contributed by atoms with Crippen molar-refractivity contribution >= 4 is 32.6 Å². The molecule has 24 heavy (non-hydrogen) atoms. The lowest BCUT2D eigenvalue weighted by atomic mass is 10.1. The highest BCUT2D eigenvalue weighted by Crippen LogP contribution is 2.26. The number of fused-ring (bicyclic) bond motifs is 1. The van der Waals surface area contributed by atoms with Crippen molar-refractivity contribution in [3.63, 3.8) is 0 Å². The second-order valence-electron chi connectivity index (χ2n) is 5.27. The highest BCUT2D eigenvalue weighted by Gasteiger charge is 2.19. The van der Waals surface area contributed by atoms with Crippen molar-refractivity contribution in [1.29, 1.82) is 0 Å². The molecule has 122 valence electrons. The number of sulfonamides is 1. The molecule has 1 aromatic heterocycles. The summed E-state index contributed by atoms with van der Waals surface area (Å²) in [5.74, 6) is -1.12. The Balaban J connectivity index is 2.08. The first-order valence-electron chi connectivity index (χ1n) is 7.09. The first-order chi connectivity index (χ1) is 11.4. The number of nitrogens with one attached hydrogen (secondary N) is 1. The van der Waals surface area contributed by atoms with Crippen LogP contribution >= 0.6 is 0 Å². The monoisotopic (exact) mass is 342 g/mol. The molecule has 6 nitrogen and oxygen atoms in total. The number of anilines is 1. The molecule has 0 aliphatic carbocycles. The number of benzene rings is 2. The summed E-state index contributed by atoms with van der Waals surface area (Å²) in [7, 11) is -3.88. The van der Waals surface area contributed by atoms with E-state index in [1.54, 1.807) is 24.4 Å². The number of aromatic carboxylic acids is 1. The molecule has 0 radical (unpaired) electrons. The minimum Gasteiger partial charge on any atom is -0.478 e. The topological polar surface area (TPSA) is 96.4 Å². The first kappa shape index (κ1) is 15.9. The van der Waals surface area contributed by atoms with E-state index in [1.807, 2.05) is 6.92 Å². The highest BCUT2D eigenvalue weighted by molar-refractivity contribution is 7.93.